The van der Waals surface area contributed by atoms with Gasteiger partial charge in [-0.3, -0.25) is 4.57 Å². The summed E-state index contributed by atoms with van der Waals surface area (Å²) in [5.74, 6) is -0.982. The lowest BCUT2D eigenvalue weighted by molar-refractivity contribution is -0.152. The number of hydrogen-bond donors (Lipinski definition) is 2. The van der Waals surface area contributed by atoms with Gasteiger partial charge in [0.1, 0.15) is 5.75 Å². The number of aryl methyl sites for hydroxylation is 2. The highest BCUT2D eigenvalue weighted by atomic mass is 16.5. The highest BCUT2D eigenvalue weighted by Gasteiger charge is 2.30. The number of ether oxygens (including phenoxy) is 2. The maximum Gasteiger partial charge on any atom is 0.347 e. The van der Waals surface area contributed by atoms with E-state index >= 15 is 0 Å². The van der Waals surface area contributed by atoms with Crippen LogP contribution in [0.3, 0.4) is 0 Å². The van der Waals surface area contributed by atoms with Crippen LogP contribution in [0.25, 0.3) is 0 Å². The van der Waals surface area contributed by atoms with E-state index in [1.54, 1.807) is 19.1 Å². The first-order chi connectivity index (χ1) is 16.5. The first-order valence-corrected chi connectivity index (χ1v) is 11.5. The Kier molecular flexibility index (Phi) is 7.78. The van der Waals surface area contributed by atoms with Crippen LogP contribution in [0.5, 0.6) is 5.75 Å². The van der Waals surface area contributed by atoms with Crippen LogP contribution in [0, 0.1) is 13.8 Å². The van der Waals surface area contributed by atoms with Crippen LogP contribution >= 0.6 is 0 Å². The summed E-state index contributed by atoms with van der Waals surface area (Å²) in [6, 6.07) is 12.5. The molecule has 0 bridgehead atoms. The molecule has 35 heavy (non-hydrogen) atoms. The van der Waals surface area contributed by atoms with Crippen molar-refractivity contribution in [1.29, 1.82) is 0 Å². The highest BCUT2D eigenvalue weighted by Crippen LogP contribution is 2.27. The lowest BCUT2D eigenvalue weighted by atomic mass is 10.1. The van der Waals surface area contributed by atoms with Gasteiger partial charge in [0.2, 0.25) is 0 Å². The second-order valence-corrected chi connectivity index (χ2v) is 9.02. The van der Waals surface area contributed by atoms with E-state index in [1.165, 1.54) is 24.5 Å². The number of nitrogens with zero attached hydrogens (tertiary/aromatic N) is 2. The van der Waals surface area contributed by atoms with Crippen LogP contribution in [0.4, 0.5) is 0 Å². The number of aromatic nitrogens is 3. The monoisotopic (exact) mass is 481 g/mol. The number of hydrogen-bond acceptors (Lipinski definition) is 6. The fourth-order valence-corrected chi connectivity index (χ4v) is 3.55. The Labute approximate surface area is 203 Å². The molecule has 1 heterocycles. The van der Waals surface area contributed by atoms with Gasteiger partial charge in [0.15, 0.2) is 17.5 Å². The van der Waals surface area contributed by atoms with Gasteiger partial charge in [0, 0.05) is 13.0 Å². The number of H-pyrrole nitrogens is 1. The summed E-state index contributed by atoms with van der Waals surface area (Å²) in [6.07, 6.45) is 0.260. The molecule has 3 aromatic rings. The maximum atomic E-state index is 13.1. The van der Waals surface area contributed by atoms with E-state index in [2.05, 4.69) is 10.2 Å². The molecular formula is C26H31N3O6. The van der Waals surface area contributed by atoms with Crippen molar-refractivity contribution < 1.29 is 24.2 Å². The molecular weight excluding hydrogens is 450 g/mol. The van der Waals surface area contributed by atoms with Gasteiger partial charge in [-0.15, -0.1) is 0 Å². The number of carbonyl (C=O) groups excluding carboxylic acids is 1. The van der Waals surface area contributed by atoms with Crippen molar-refractivity contribution in [2.45, 2.75) is 65.7 Å². The number of aliphatic carboxylic acids is 1. The van der Waals surface area contributed by atoms with Crippen LogP contribution in [0.15, 0.2) is 47.3 Å². The molecule has 0 amide bonds. The van der Waals surface area contributed by atoms with Gasteiger partial charge < -0.3 is 14.6 Å². The number of carbonyl (C=O) groups is 2. The Morgan fingerprint density at radius 1 is 1.14 bits per heavy atom. The Balaban J connectivity index is 1.89. The molecule has 0 aliphatic carbocycles. The lowest BCUT2D eigenvalue weighted by Crippen LogP contribution is -2.38. The summed E-state index contributed by atoms with van der Waals surface area (Å²) in [5, 5.41) is 15.9. The van der Waals surface area contributed by atoms with Crippen molar-refractivity contribution in [1.82, 2.24) is 14.8 Å². The van der Waals surface area contributed by atoms with Gasteiger partial charge in [-0.2, -0.15) is 5.10 Å². The SMILES string of the molecule is CCCn1c(C(Cc2ccc(C)cc2)OC(=O)c2ccc(OC(C)(C)C(=O)O)c(C)c2)n[nH]c1=O. The molecule has 1 atom stereocenters. The molecule has 0 saturated heterocycles. The molecule has 0 aliphatic heterocycles. The van der Waals surface area contributed by atoms with E-state index < -0.39 is 23.6 Å². The molecule has 0 radical (unpaired) electrons. The van der Waals surface area contributed by atoms with E-state index in [4.69, 9.17) is 9.47 Å². The molecule has 0 fully saturated rings. The number of carboxylic acids is 1. The summed E-state index contributed by atoms with van der Waals surface area (Å²) in [7, 11) is 0. The van der Waals surface area contributed by atoms with Crippen molar-refractivity contribution in [2.24, 2.45) is 0 Å². The van der Waals surface area contributed by atoms with Crippen molar-refractivity contribution in [3.8, 4) is 5.75 Å². The first kappa shape index (κ1) is 25.7. The molecule has 2 N–H and O–H groups in total. The zero-order valence-electron chi connectivity index (χ0n) is 20.6. The largest absolute Gasteiger partial charge is 0.478 e. The molecule has 0 spiro atoms. The fourth-order valence-electron chi connectivity index (χ4n) is 3.55. The number of rotatable bonds is 10. The molecule has 0 saturated carbocycles. The van der Waals surface area contributed by atoms with Gasteiger partial charge in [-0.1, -0.05) is 36.8 Å². The Morgan fingerprint density at radius 2 is 1.83 bits per heavy atom. The molecule has 1 unspecified atom stereocenters. The number of carboxylic acid groups (broad SMARTS) is 1. The van der Waals surface area contributed by atoms with E-state index in [0.717, 1.165) is 11.1 Å². The normalized spacial score (nSPS) is 12.3. The highest BCUT2D eigenvalue weighted by molar-refractivity contribution is 5.90. The second-order valence-electron chi connectivity index (χ2n) is 9.02. The molecule has 1 aromatic heterocycles. The van der Waals surface area contributed by atoms with Gasteiger partial charge in [0.05, 0.1) is 5.56 Å². The quantitative estimate of drug-likeness (QED) is 0.420. The molecule has 9 heteroatoms. The first-order valence-electron chi connectivity index (χ1n) is 11.5. The second kappa shape index (κ2) is 10.6. The van der Waals surface area contributed by atoms with Crippen molar-refractivity contribution >= 4 is 11.9 Å². The van der Waals surface area contributed by atoms with Crippen molar-refractivity contribution in [3.05, 3.63) is 81.0 Å². The number of nitrogens with one attached hydrogen (secondary N) is 1. The summed E-state index contributed by atoms with van der Waals surface area (Å²) in [5.41, 5.74) is 1.12. The Hall–Kier alpha value is -3.88. The minimum Gasteiger partial charge on any atom is -0.478 e. The molecule has 9 nitrogen and oxygen atoms in total. The van der Waals surface area contributed by atoms with Crippen LogP contribution in [0.1, 0.15) is 66.2 Å². The van der Waals surface area contributed by atoms with Crippen LogP contribution in [0.2, 0.25) is 0 Å². The van der Waals surface area contributed by atoms with Gasteiger partial charge in [-0.05, 0) is 63.4 Å². The topological polar surface area (TPSA) is 124 Å². The number of esters is 1. The Bertz CT molecular complexity index is 1260. The summed E-state index contributed by atoms with van der Waals surface area (Å²) in [4.78, 5) is 36.8. The maximum absolute atomic E-state index is 13.1. The van der Waals surface area contributed by atoms with Crippen LogP contribution in [-0.2, 0) is 22.5 Å². The average Bonchev–Trinajstić information content (AvgIpc) is 3.16. The minimum atomic E-state index is -1.42. The van der Waals surface area contributed by atoms with Crippen molar-refractivity contribution in [2.75, 3.05) is 0 Å². The van der Waals surface area contributed by atoms with Gasteiger partial charge in [0.25, 0.3) is 0 Å². The van der Waals surface area contributed by atoms with Gasteiger partial charge >= 0.3 is 17.6 Å². The van der Waals surface area contributed by atoms with E-state index in [9.17, 15) is 19.5 Å². The van der Waals surface area contributed by atoms with Crippen LogP contribution < -0.4 is 10.4 Å². The molecule has 3 rings (SSSR count). The van der Waals surface area contributed by atoms with E-state index in [0.29, 0.717) is 36.5 Å². The van der Waals surface area contributed by atoms with Crippen LogP contribution in [-0.4, -0.2) is 37.4 Å². The summed E-state index contributed by atoms with van der Waals surface area (Å²) >= 11 is 0. The molecule has 186 valence electrons. The average molecular weight is 482 g/mol. The lowest BCUT2D eigenvalue weighted by Gasteiger charge is -2.23. The number of aromatic amines is 1. The van der Waals surface area contributed by atoms with Gasteiger partial charge in [-0.25, -0.2) is 19.5 Å². The zero-order valence-corrected chi connectivity index (χ0v) is 20.6. The third kappa shape index (κ3) is 6.17. The van der Waals surface area contributed by atoms with Crippen molar-refractivity contribution in [3.63, 3.8) is 0 Å². The van der Waals surface area contributed by atoms with E-state index in [1.807, 2.05) is 38.1 Å². The smallest absolute Gasteiger partial charge is 0.347 e. The van der Waals surface area contributed by atoms with E-state index in [-0.39, 0.29) is 11.3 Å². The molecule has 0 aliphatic rings. The number of benzene rings is 2. The third-order valence-corrected chi connectivity index (χ3v) is 5.60. The fraction of sp³-hybridized carbons (Fsp3) is 0.385. The predicted molar refractivity (Wildman–Crippen MR) is 130 cm³/mol. The predicted octanol–water partition coefficient (Wildman–Crippen LogP) is 3.98. The standard InChI is InChI=1S/C26H31N3O6/c1-6-13-29-22(27-28-25(29)33)21(15-18-9-7-16(2)8-10-18)34-23(30)19-11-12-20(17(3)14-19)35-26(4,5)24(31)32/h7-12,14,21H,6,13,15H2,1-5H3,(H,28,33)(H,31,32). The zero-order chi connectivity index (χ0) is 25.8. The molecule has 2 aromatic carbocycles. The summed E-state index contributed by atoms with van der Waals surface area (Å²) in [6.45, 7) is 9.00. The Morgan fingerprint density at radius 3 is 2.43 bits per heavy atom. The summed E-state index contributed by atoms with van der Waals surface area (Å²) < 4.78 is 13.0. The minimum absolute atomic E-state index is 0.275. The third-order valence-electron chi connectivity index (χ3n) is 5.60.